The molecule has 0 bridgehead atoms. The topological polar surface area (TPSA) is 58.4 Å². The maximum atomic E-state index is 13.5. The molecule has 0 radical (unpaired) electrons. The van der Waals surface area contributed by atoms with Crippen LogP contribution in [-0.2, 0) is 0 Å². The summed E-state index contributed by atoms with van der Waals surface area (Å²) in [5.41, 5.74) is 5.85. The molecule has 1 aromatic carbocycles. The number of piperidine rings is 1. The van der Waals surface area contributed by atoms with Crippen LogP contribution in [0.5, 0.6) is 0 Å². The average molecular weight is 283 g/mol. The van der Waals surface area contributed by atoms with Crippen LogP contribution >= 0.6 is 0 Å². The van der Waals surface area contributed by atoms with Crippen LogP contribution in [0.1, 0.15) is 19.8 Å². The zero-order valence-electron chi connectivity index (χ0n) is 11.4. The smallest absolute Gasteiger partial charge is 0.321 e. The van der Waals surface area contributed by atoms with E-state index in [0.717, 1.165) is 25.0 Å². The molecule has 1 saturated heterocycles. The fourth-order valence-corrected chi connectivity index (χ4v) is 2.41. The largest absolute Gasteiger partial charge is 0.328 e. The zero-order chi connectivity index (χ0) is 14.7. The normalized spacial score (nSPS) is 20.6. The van der Waals surface area contributed by atoms with Crippen molar-refractivity contribution >= 4 is 11.7 Å². The number of carbonyl (C=O) groups excluding carboxylic acids is 1. The van der Waals surface area contributed by atoms with Gasteiger partial charge < -0.3 is 16.0 Å². The Morgan fingerprint density at radius 3 is 2.90 bits per heavy atom. The maximum absolute atomic E-state index is 13.5. The standard InChI is InChI=1S/C14H19F2N3O/c1-9(17)10-3-2-6-19(8-10)14(20)18-13-5-4-11(15)7-12(13)16/h4-5,7,9-10H,2-3,6,8,17H2,1H3,(H,18,20). The molecular formula is C14H19F2N3O. The number of urea groups is 1. The van der Waals surface area contributed by atoms with Crippen molar-refractivity contribution in [2.24, 2.45) is 11.7 Å². The Balaban J connectivity index is 2.00. The highest BCUT2D eigenvalue weighted by molar-refractivity contribution is 5.89. The number of rotatable bonds is 2. The Kier molecular flexibility index (Phi) is 4.54. The van der Waals surface area contributed by atoms with E-state index in [1.807, 2.05) is 6.92 Å². The van der Waals surface area contributed by atoms with Crippen molar-refractivity contribution in [2.45, 2.75) is 25.8 Å². The van der Waals surface area contributed by atoms with Gasteiger partial charge in [-0.1, -0.05) is 0 Å². The molecule has 2 atom stereocenters. The third-order valence-electron chi connectivity index (χ3n) is 3.66. The predicted octanol–water partition coefficient (Wildman–Crippen LogP) is 2.56. The van der Waals surface area contributed by atoms with Gasteiger partial charge in [0, 0.05) is 25.2 Å². The van der Waals surface area contributed by atoms with Gasteiger partial charge in [-0.25, -0.2) is 13.6 Å². The molecule has 0 aliphatic carbocycles. The molecule has 6 heteroatoms. The summed E-state index contributed by atoms with van der Waals surface area (Å²) in [4.78, 5) is 13.7. The van der Waals surface area contributed by atoms with Crippen LogP contribution in [0.3, 0.4) is 0 Å². The fourth-order valence-electron chi connectivity index (χ4n) is 2.41. The number of nitrogens with one attached hydrogen (secondary N) is 1. The zero-order valence-corrected chi connectivity index (χ0v) is 11.4. The van der Waals surface area contributed by atoms with E-state index in [0.29, 0.717) is 13.1 Å². The third kappa shape index (κ3) is 3.45. The Labute approximate surface area is 116 Å². The van der Waals surface area contributed by atoms with Gasteiger partial charge in [0.25, 0.3) is 0 Å². The maximum Gasteiger partial charge on any atom is 0.321 e. The lowest BCUT2D eigenvalue weighted by Gasteiger charge is -2.34. The van der Waals surface area contributed by atoms with Gasteiger partial charge in [-0.2, -0.15) is 0 Å². The highest BCUT2D eigenvalue weighted by Crippen LogP contribution is 2.21. The van der Waals surface area contributed by atoms with Gasteiger partial charge in [-0.15, -0.1) is 0 Å². The summed E-state index contributed by atoms with van der Waals surface area (Å²) in [6, 6.07) is 2.72. The average Bonchev–Trinajstić information content (AvgIpc) is 2.42. The number of amides is 2. The van der Waals surface area contributed by atoms with Gasteiger partial charge >= 0.3 is 6.03 Å². The SMILES string of the molecule is CC(N)C1CCCN(C(=O)Nc2ccc(F)cc2F)C1. The molecule has 0 saturated carbocycles. The summed E-state index contributed by atoms with van der Waals surface area (Å²) in [6.45, 7) is 3.11. The van der Waals surface area contributed by atoms with Crippen molar-refractivity contribution in [3.8, 4) is 0 Å². The number of carbonyl (C=O) groups is 1. The molecule has 1 heterocycles. The molecule has 0 spiro atoms. The Bertz CT molecular complexity index is 493. The molecule has 1 aliphatic heterocycles. The van der Waals surface area contributed by atoms with Gasteiger partial charge in [0.15, 0.2) is 0 Å². The van der Waals surface area contributed by atoms with Crippen LogP contribution in [0.25, 0.3) is 0 Å². The first kappa shape index (κ1) is 14.7. The molecule has 1 aliphatic rings. The Morgan fingerprint density at radius 2 is 2.25 bits per heavy atom. The van der Waals surface area contributed by atoms with Crippen molar-refractivity contribution in [3.05, 3.63) is 29.8 Å². The van der Waals surface area contributed by atoms with E-state index in [2.05, 4.69) is 5.32 Å². The molecule has 1 fully saturated rings. The second-order valence-electron chi connectivity index (χ2n) is 5.26. The first-order chi connectivity index (χ1) is 9.47. The summed E-state index contributed by atoms with van der Waals surface area (Å²) in [5, 5.41) is 2.47. The molecule has 2 unspecified atom stereocenters. The van der Waals surface area contributed by atoms with Crippen molar-refractivity contribution in [1.82, 2.24) is 4.90 Å². The lowest BCUT2D eigenvalue weighted by molar-refractivity contribution is 0.169. The minimum Gasteiger partial charge on any atom is -0.328 e. The molecule has 2 amide bonds. The summed E-state index contributed by atoms with van der Waals surface area (Å²) in [6.07, 6.45) is 1.87. The lowest BCUT2D eigenvalue weighted by atomic mass is 9.92. The predicted molar refractivity (Wildman–Crippen MR) is 73.3 cm³/mol. The van der Waals surface area contributed by atoms with Crippen molar-refractivity contribution in [1.29, 1.82) is 0 Å². The van der Waals surface area contributed by atoms with Crippen LogP contribution in [0, 0.1) is 17.6 Å². The van der Waals surface area contributed by atoms with Gasteiger partial charge in [-0.3, -0.25) is 0 Å². The van der Waals surface area contributed by atoms with Gasteiger partial charge in [0.05, 0.1) is 5.69 Å². The number of hydrogen-bond donors (Lipinski definition) is 2. The minimum atomic E-state index is -0.779. The fraction of sp³-hybridized carbons (Fsp3) is 0.500. The summed E-state index contributed by atoms with van der Waals surface area (Å²) in [5.74, 6) is -1.19. The van der Waals surface area contributed by atoms with Crippen molar-refractivity contribution in [2.75, 3.05) is 18.4 Å². The minimum absolute atomic E-state index is 0.0145. The van der Waals surface area contributed by atoms with Crippen LogP contribution < -0.4 is 11.1 Å². The van der Waals surface area contributed by atoms with E-state index in [1.54, 1.807) is 4.90 Å². The number of nitrogens with zero attached hydrogens (tertiary/aromatic N) is 1. The molecule has 110 valence electrons. The summed E-state index contributed by atoms with van der Waals surface area (Å²) in [7, 11) is 0. The Hall–Kier alpha value is -1.69. The molecular weight excluding hydrogens is 264 g/mol. The van der Waals surface area contributed by atoms with Crippen LogP contribution in [0.2, 0.25) is 0 Å². The highest BCUT2D eigenvalue weighted by atomic mass is 19.1. The Morgan fingerprint density at radius 1 is 1.50 bits per heavy atom. The van der Waals surface area contributed by atoms with Gasteiger partial charge in [0.2, 0.25) is 0 Å². The van der Waals surface area contributed by atoms with Crippen LogP contribution in [-0.4, -0.2) is 30.1 Å². The van der Waals surface area contributed by atoms with E-state index in [4.69, 9.17) is 5.73 Å². The number of nitrogens with two attached hydrogens (primary N) is 1. The first-order valence-corrected chi connectivity index (χ1v) is 6.74. The number of halogens is 2. The van der Waals surface area contributed by atoms with Crippen molar-refractivity contribution in [3.63, 3.8) is 0 Å². The number of benzene rings is 1. The highest BCUT2D eigenvalue weighted by Gasteiger charge is 2.26. The number of likely N-dealkylation sites (tertiary alicyclic amines) is 1. The molecule has 3 N–H and O–H groups in total. The van der Waals surface area contributed by atoms with E-state index >= 15 is 0 Å². The second kappa shape index (κ2) is 6.17. The van der Waals surface area contributed by atoms with Crippen LogP contribution in [0.4, 0.5) is 19.3 Å². The van der Waals surface area contributed by atoms with E-state index in [9.17, 15) is 13.6 Å². The molecule has 1 aromatic rings. The summed E-state index contributed by atoms with van der Waals surface area (Å²) < 4.78 is 26.3. The van der Waals surface area contributed by atoms with Gasteiger partial charge in [-0.05, 0) is 37.8 Å². The lowest BCUT2D eigenvalue weighted by Crippen LogP contribution is -2.46. The van der Waals surface area contributed by atoms with Gasteiger partial charge in [0.1, 0.15) is 11.6 Å². The van der Waals surface area contributed by atoms with E-state index < -0.39 is 11.6 Å². The van der Waals surface area contributed by atoms with E-state index in [1.165, 1.54) is 6.07 Å². The van der Waals surface area contributed by atoms with Crippen LogP contribution in [0.15, 0.2) is 18.2 Å². The molecule has 0 aromatic heterocycles. The molecule has 20 heavy (non-hydrogen) atoms. The number of anilines is 1. The first-order valence-electron chi connectivity index (χ1n) is 6.74. The van der Waals surface area contributed by atoms with Crippen molar-refractivity contribution < 1.29 is 13.6 Å². The summed E-state index contributed by atoms with van der Waals surface area (Å²) >= 11 is 0. The monoisotopic (exact) mass is 283 g/mol. The molecule has 2 rings (SSSR count). The third-order valence-corrected chi connectivity index (χ3v) is 3.66. The second-order valence-corrected chi connectivity index (χ2v) is 5.26. The number of hydrogen-bond acceptors (Lipinski definition) is 2. The quantitative estimate of drug-likeness (QED) is 0.876. The van der Waals surface area contributed by atoms with E-state index in [-0.39, 0.29) is 23.7 Å². The molecule has 4 nitrogen and oxygen atoms in total.